The molecule has 0 N–H and O–H groups in total. The largest absolute Gasteiger partial charge is 0.490 e. The van der Waals surface area contributed by atoms with Crippen molar-refractivity contribution >= 4 is 11.6 Å². The first-order valence-electron chi connectivity index (χ1n) is 6.33. The molecule has 0 aliphatic carbocycles. The molecule has 3 heteroatoms. The van der Waals surface area contributed by atoms with Gasteiger partial charge >= 0.3 is 0 Å². The average Bonchev–Trinajstić information content (AvgIpc) is 2.48. The molecule has 0 fully saturated rings. The van der Waals surface area contributed by atoms with Gasteiger partial charge in [-0.2, -0.15) is 0 Å². The van der Waals surface area contributed by atoms with E-state index in [1.165, 1.54) is 11.1 Å². The number of hydrogen-bond acceptors (Lipinski definition) is 2. The first-order valence-corrected chi connectivity index (χ1v) is 6.71. The Bertz CT molecular complexity index is 405. The van der Waals surface area contributed by atoms with E-state index in [2.05, 4.69) is 31.7 Å². The van der Waals surface area contributed by atoms with Gasteiger partial charge < -0.3 is 4.74 Å². The Morgan fingerprint density at radius 1 is 1.41 bits per heavy atom. The van der Waals surface area contributed by atoms with Crippen LogP contribution in [0.25, 0.3) is 0 Å². The topological polar surface area (TPSA) is 12.5 Å². The molecule has 0 unspecified atom stereocenters. The first-order chi connectivity index (χ1) is 8.15. The highest BCUT2D eigenvalue weighted by molar-refractivity contribution is 6.32. The molecule has 0 saturated heterocycles. The Balaban J connectivity index is 2.39. The third-order valence-electron chi connectivity index (χ3n) is 3.46. The van der Waals surface area contributed by atoms with Gasteiger partial charge in [0.1, 0.15) is 12.4 Å². The Morgan fingerprint density at radius 2 is 2.18 bits per heavy atom. The highest BCUT2D eigenvalue weighted by atomic mass is 35.5. The second-order valence-corrected chi connectivity index (χ2v) is 5.05. The zero-order chi connectivity index (χ0) is 12.4. The van der Waals surface area contributed by atoms with Crippen LogP contribution in [0.2, 0.25) is 5.02 Å². The molecule has 2 nitrogen and oxygen atoms in total. The number of nitrogens with zero attached hydrogens (tertiary/aromatic N) is 1. The quantitative estimate of drug-likeness (QED) is 0.800. The van der Waals surface area contributed by atoms with Crippen molar-refractivity contribution in [1.29, 1.82) is 0 Å². The molecule has 1 aromatic carbocycles. The minimum Gasteiger partial charge on any atom is -0.490 e. The molecule has 0 amide bonds. The van der Waals surface area contributed by atoms with E-state index in [0.717, 1.165) is 30.3 Å². The lowest BCUT2D eigenvalue weighted by Crippen LogP contribution is -2.34. The smallest absolute Gasteiger partial charge is 0.142 e. The predicted octanol–water partition coefficient (Wildman–Crippen LogP) is 3.51. The van der Waals surface area contributed by atoms with E-state index in [9.17, 15) is 0 Å². The Morgan fingerprint density at radius 3 is 2.82 bits per heavy atom. The predicted molar refractivity (Wildman–Crippen MR) is 71.9 cm³/mol. The van der Waals surface area contributed by atoms with Gasteiger partial charge in [-0.05, 0) is 31.5 Å². The third-order valence-corrected chi connectivity index (χ3v) is 3.74. The van der Waals surface area contributed by atoms with E-state index in [4.69, 9.17) is 16.3 Å². The van der Waals surface area contributed by atoms with Crippen LogP contribution in [0.4, 0.5) is 0 Å². The average molecular weight is 254 g/mol. The highest BCUT2D eigenvalue weighted by Gasteiger charge is 2.22. The lowest BCUT2D eigenvalue weighted by atomic mass is 10.1. The summed E-state index contributed by atoms with van der Waals surface area (Å²) in [5.74, 6) is 0.881. The van der Waals surface area contributed by atoms with Crippen molar-refractivity contribution in [1.82, 2.24) is 4.90 Å². The third kappa shape index (κ3) is 2.58. The van der Waals surface area contributed by atoms with Crippen LogP contribution in [0.3, 0.4) is 0 Å². The van der Waals surface area contributed by atoms with E-state index >= 15 is 0 Å². The fourth-order valence-corrected chi connectivity index (χ4v) is 2.62. The van der Waals surface area contributed by atoms with Crippen molar-refractivity contribution in [2.24, 2.45) is 0 Å². The van der Waals surface area contributed by atoms with Crippen molar-refractivity contribution < 1.29 is 4.74 Å². The molecule has 1 atom stereocenters. The van der Waals surface area contributed by atoms with Crippen LogP contribution in [-0.4, -0.2) is 24.1 Å². The first kappa shape index (κ1) is 12.7. The molecule has 1 heterocycles. The zero-order valence-electron chi connectivity index (χ0n) is 10.8. The number of fused-ring (bicyclic) bond motifs is 1. The molecule has 1 aliphatic rings. The van der Waals surface area contributed by atoms with Crippen molar-refractivity contribution in [3.05, 3.63) is 28.3 Å². The maximum absolute atomic E-state index is 6.29. The number of aryl methyl sites for hydroxylation is 1. The Hall–Kier alpha value is -0.730. The van der Waals surface area contributed by atoms with Gasteiger partial charge in [0, 0.05) is 18.2 Å². The molecule has 1 aromatic rings. The molecule has 1 aliphatic heterocycles. The molecule has 0 aromatic heterocycles. The summed E-state index contributed by atoms with van der Waals surface area (Å²) in [6.45, 7) is 9.22. The van der Waals surface area contributed by atoms with Crippen LogP contribution in [-0.2, 0) is 13.0 Å². The molecule has 0 saturated carbocycles. The number of benzene rings is 1. The van der Waals surface area contributed by atoms with Gasteiger partial charge in [-0.15, -0.1) is 0 Å². The second kappa shape index (κ2) is 5.28. The van der Waals surface area contributed by atoms with Crippen LogP contribution < -0.4 is 4.74 Å². The van der Waals surface area contributed by atoms with Gasteiger partial charge in [-0.3, -0.25) is 4.90 Å². The van der Waals surface area contributed by atoms with E-state index in [-0.39, 0.29) is 0 Å². The van der Waals surface area contributed by atoms with Crippen LogP contribution in [0.5, 0.6) is 5.75 Å². The van der Waals surface area contributed by atoms with E-state index < -0.39 is 0 Å². The minimum absolute atomic E-state index is 0.438. The molecule has 2 rings (SSSR count). The number of hydrogen-bond donors (Lipinski definition) is 0. The van der Waals surface area contributed by atoms with Gasteiger partial charge in [-0.1, -0.05) is 31.5 Å². The van der Waals surface area contributed by atoms with Gasteiger partial charge in [0.05, 0.1) is 5.02 Å². The van der Waals surface area contributed by atoms with Crippen LogP contribution >= 0.6 is 11.6 Å². The summed E-state index contributed by atoms with van der Waals surface area (Å²) in [5.41, 5.74) is 2.50. The summed E-state index contributed by atoms with van der Waals surface area (Å²) < 4.78 is 5.85. The molecule has 17 heavy (non-hydrogen) atoms. The lowest BCUT2D eigenvalue weighted by molar-refractivity contribution is 0.165. The normalized spacial score (nSPS) is 20.6. The Labute approximate surface area is 109 Å². The molecule has 94 valence electrons. The van der Waals surface area contributed by atoms with Crippen molar-refractivity contribution in [2.75, 3.05) is 13.2 Å². The Kier molecular flexibility index (Phi) is 3.95. The summed E-state index contributed by atoms with van der Waals surface area (Å²) in [4.78, 5) is 2.42. The van der Waals surface area contributed by atoms with E-state index in [1.807, 2.05) is 6.07 Å². The van der Waals surface area contributed by atoms with E-state index in [0.29, 0.717) is 12.6 Å². The van der Waals surface area contributed by atoms with Crippen LogP contribution in [0.1, 0.15) is 31.9 Å². The monoisotopic (exact) mass is 253 g/mol. The maximum Gasteiger partial charge on any atom is 0.142 e. The highest BCUT2D eigenvalue weighted by Crippen LogP contribution is 2.34. The fraction of sp³-hybridized carbons (Fsp3) is 0.571. The zero-order valence-corrected chi connectivity index (χ0v) is 11.5. The summed E-state index contributed by atoms with van der Waals surface area (Å²) in [5, 5.41) is 0.754. The number of likely N-dealkylation sites (N-methyl/N-ethyl adjacent to an activating group) is 1. The SMILES string of the molecule is CCc1cc(Cl)c2c(c1)CN(CC)[C@H](C)CO2. The van der Waals surface area contributed by atoms with E-state index in [1.54, 1.807) is 0 Å². The summed E-state index contributed by atoms with van der Waals surface area (Å²) in [7, 11) is 0. The van der Waals surface area contributed by atoms with Gasteiger partial charge in [-0.25, -0.2) is 0 Å². The van der Waals surface area contributed by atoms with Crippen LogP contribution in [0, 0.1) is 0 Å². The van der Waals surface area contributed by atoms with Crippen molar-refractivity contribution in [2.45, 2.75) is 39.8 Å². The molecular weight excluding hydrogens is 234 g/mol. The van der Waals surface area contributed by atoms with Crippen molar-refractivity contribution in [3.8, 4) is 5.75 Å². The molecule has 0 spiro atoms. The molecule has 0 bridgehead atoms. The number of halogens is 1. The summed E-state index contributed by atoms with van der Waals surface area (Å²) in [6.07, 6.45) is 1.01. The maximum atomic E-state index is 6.29. The number of rotatable bonds is 2. The molecule has 0 radical (unpaired) electrons. The van der Waals surface area contributed by atoms with Gasteiger partial charge in [0.15, 0.2) is 0 Å². The van der Waals surface area contributed by atoms with Gasteiger partial charge in [0.2, 0.25) is 0 Å². The minimum atomic E-state index is 0.438. The summed E-state index contributed by atoms with van der Waals surface area (Å²) in [6, 6.07) is 4.68. The molecular formula is C14H20ClNO. The fourth-order valence-electron chi connectivity index (χ4n) is 2.30. The van der Waals surface area contributed by atoms with Crippen LogP contribution in [0.15, 0.2) is 12.1 Å². The van der Waals surface area contributed by atoms with Crippen molar-refractivity contribution in [3.63, 3.8) is 0 Å². The standard InChI is InChI=1S/C14H20ClNO/c1-4-11-6-12-8-16(5-2)10(3)9-17-14(12)13(15)7-11/h6-7,10H,4-5,8-9H2,1-3H3/t10-/m1/s1. The lowest BCUT2D eigenvalue weighted by Gasteiger charge is -2.23. The van der Waals surface area contributed by atoms with Gasteiger partial charge in [0.25, 0.3) is 0 Å². The number of ether oxygens (including phenoxy) is 1. The second-order valence-electron chi connectivity index (χ2n) is 4.64. The summed E-state index contributed by atoms with van der Waals surface area (Å²) >= 11 is 6.29.